The third-order valence-corrected chi connectivity index (χ3v) is 5.63. The van der Waals surface area contributed by atoms with Crippen molar-refractivity contribution in [2.24, 2.45) is 0 Å². The number of ether oxygens (including phenoxy) is 2. The molecular formula is C27H24N2O3. The average molecular weight is 425 g/mol. The molecule has 1 N–H and O–H groups in total. The van der Waals surface area contributed by atoms with E-state index in [9.17, 15) is 0 Å². The van der Waals surface area contributed by atoms with Gasteiger partial charge in [0.05, 0.1) is 14.2 Å². The number of aromatic nitrogens is 2. The predicted octanol–water partition coefficient (Wildman–Crippen LogP) is 6.29. The van der Waals surface area contributed by atoms with E-state index < -0.39 is 0 Å². The molecule has 5 heteroatoms. The molecule has 0 atom stereocenters. The fourth-order valence-corrected chi connectivity index (χ4v) is 3.98. The van der Waals surface area contributed by atoms with Gasteiger partial charge >= 0.3 is 0 Å². The van der Waals surface area contributed by atoms with Gasteiger partial charge in [0.1, 0.15) is 17.2 Å². The number of fused-ring (bicyclic) bond motifs is 1. The Kier molecular flexibility index (Phi) is 5.38. The van der Waals surface area contributed by atoms with Crippen LogP contribution in [0.5, 0.6) is 11.5 Å². The van der Waals surface area contributed by atoms with Crippen LogP contribution in [0.2, 0.25) is 0 Å². The molecule has 0 bridgehead atoms. The van der Waals surface area contributed by atoms with Crippen LogP contribution in [0.3, 0.4) is 0 Å². The summed E-state index contributed by atoms with van der Waals surface area (Å²) in [6.45, 7) is 0. The fourth-order valence-electron chi connectivity index (χ4n) is 3.98. The highest BCUT2D eigenvalue weighted by molar-refractivity contribution is 5.83. The maximum absolute atomic E-state index is 6.32. The van der Waals surface area contributed by atoms with Crippen molar-refractivity contribution in [2.75, 3.05) is 14.2 Å². The number of benzene rings is 3. The first kappa shape index (κ1) is 19.9. The second-order valence-corrected chi connectivity index (χ2v) is 7.61. The number of nitrogens with one attached hydrogen (secondary N) is 1. The van der Waals surface area contributed by atoms with E-state index in [4.69, 9.17) is 18.9 Å². The Labute approximate surface area is 186 Å². The maximum Gasteiger partial charge on any atom is 0.195 e. The van der Waals surface area contributed by atoms with Gasteiger partial charge in [-0.05, 0) is 42.3 Å². The molecule has 0 saturated carbocycles. The van der Waals surface area contributed by atoms with Gasteiger partial charge in [-0.3, -0.25) is 0 Å². The summed E-state index contributed by atoms with van der Waals surface area (Å²) in [7, 11) is 3.33. The van der Waals surface area contributed by atoms with Gasteiger partial charge in [0.15, 0.2) is 11.7 Å². The topological polar surface area (TPSA) is 60.3 Å². The summed E-state index contributed by atoms with van der Waals surface area (Å²) in [5.41, 5.74) is 5.07. The van der Waals surface area contributed by atoms with Crippen molar-refractivity contribution in [1.29, 1.82) is 0 Å². The Morgan fingerprint density at radius 2 is 1.53 bits per heavy atom. The molecule has 5 rings (SSSR count). The number of nitrogens with zero attached hydrogens (tertiary/aromatic N) is 1. The molecule has 0 amide bonds. The van der Waals surface area contributed by atoms with Crippen LogP contribution in [0.15, 0.2) is 83.4 Å². The molecule has 3 aromatic carbocycles. The minimum atomic E-state index is 0.697. The molecule has 5 nitrogen and oxygen atoms in total. The first-order valence-electron chi connectivity index (χ1n) is 10.6. The van der Waals surface area contributed by atoms with Crippen LogP contribution >= 0.6 is 0 Å². The largest absolute Gasteiger partial charge is 0.497 e. The molecule has 0 aliphatic carbocycles. The molecule has 0 aliphatic rings. The molecule has 0 unspecified atom stereocenters. The standard InChI is InChI=1S/C27H24N2O3/c1-30-21-9-5-7-18(15-21)26-27(19-8-6-10-22(16-19)31-2)32-25(29-26)14-13-20-17-28-24-12-4-3-11-23(20)24/h3-12,15-17,28H,13-14H2,1-2H3. The minimum absolute atomic E-state index is 0.697. The van der Waals surface area contributed by atoms with Crippen molar-refractivity contribution in [2.45, 2.75) is 12.8 Å². The van der Waals surface area contributed by atoms with Gasteiger partial charge < -0.3 is 18.9 Å². The second kappa shape index (κ2) is 8.63. The Morgan fingerprint density at radius 1 is 0.812 bits per heavy atom. The normalized spacial score (nSPS) is 11.1. The number of hydrogen-bond acceptors (Lipinski definition) is 4. The summed E-state index contributed by atoms with van der Waals surface area (Å²) >= 11 is 0. The molecule has 0 spiro atoms. The van der Waals surface area contributed by atoms with Crippen LogP contribution < -0.4 is 9.47 Å². The van der Waals surface area contributed by atoms with Crippen LogP contribution in [0.25, 0.3) is 33.5 Å². The highest BCUT2D eigenvalue weighted by Crippen LogP contribution is 2.36. The zero-order chi connectivity index (χ0) is 21.9. The van der Waals surface area contributed by atoms with E-state index in [0.29, 0.717) is 12.3 Å². The van der Waals surface area contributed by atoms with Crippen LogP contribution in [-0.4, -0.2) is 24.2 Å². The zero-order valence-corrected chi connectivity index (χ0v) is 18.1. The molecule has 5 aromatic rings. The summed E-state index contributed by atoms with van der Waals surface area (Å²) in [5.74, 6) is 2.98. The monoisotopic (exact) mass is 424 g/mol. The molecule has 32 heavy (non-hydrogen) atoms. The molecule has 2 heterocycles. The Morgan fingerprint density at radius 3 is 2.31 bits per heavy atom. The summed E-state index contributed by atoms with van der Waals surface area (Å²) in [6.07, 6.45) is 3.60. The van der Waals surface area contributed by atoms with E-state index in [-0.39, 0.29) is 0 Å². The summed E-state index contributed by atoms with van der Waals surface area (Å²) in [5, 5.41) is 1.24. The smallest absolute Gasteiger partial charge is 0.195 e. The molecular weight excluding hydrogens is 400 g/mol. The zero-order valence-electron chi connectivity index (χ0n) is 18.1. The van der Waals surface area contributed by atoms with Gasteiger partial charge in [-0.15, -0.1) is 0 Å². The van der Waals surface area contributed by atoms with Crippen molar-refractivity contribution < 1.29 is 13.9 Å². The molecule has 2 aromatic heterocycles. The van der Waals surface area contributed by atoms with Gasteiger partial charge in [-0.2, -0.15) is 0 Å². The lowest BCUT2D eigenvalue weighted by Crippen LogP contribution is -1.91. The summed E-state index contributed by atoms with van der Waals surface area (Å²) in [4.78, 5) is 8.23. The van der Waals surface area contributed by atoms with E-state index in [1.807, 2.05) is 54.6 Å². The summed E-state index contributed by atoms with van der Waals surface area (Å²) in [6, 6.07) is 24.1. The number of hydrogen-bond donors (Lipinski definition) is 1. The Balaban J connectivity index is 1.52. The number of methoxy groups -OCH3 is 2. The number of H-pyrrole nitrogens is 1. The molecule has 0 saturated heterocycles. The summed E-state index contributed by atoms with van der Waals surface area (Å²) < 4.78 is 17.2. The third kappa shape index (κ3) is 3.85. The van der Waals surface area contributed by atoms with Gasteiger partial charge in [0.2, 0.25) is 0 Å². The number of aryl methyl sites for hydroxylation is 2. The van der Waals surface area contributed by atoms with E-state index in [1.54, 1.807) is 14.2 Å². The van der Waals surface area contributed by atoms with E-state index in [0.717, 1.165) is 46.0 Å². The second-order valence-electron chi connectivity index (χ2n) is 7.61. The first-order valence-corrected chi connectivity index (χ1v) is 10.6. The van der Waals surface area contributed by atoms with Gasteiger partial charge in [0, 0.05) is 34.6 Å². The first-order chi connectivity index (χ1) is 15.7. The Bertz CT molecular complexity index is 1300. The van der Waals surface area contributed by atoms with Crippen molar-refractivity contribution in [1.82, 2.24) is 9.97 Å². The van der Waals surface area contributed by atoms with E-state index >= 15 is 0 Å². The van der Waals surface area contributed by atoms with Crippen LogP contribution in [0, 0.1) is 0 Å². The lowest BCUT2D eigenvalue weighted by molar-refractivity contribution is 0.414. The SMILES string of the molecule is COc1cccc(-c2nc(CCc3c[nH]c4ccccc34)oc2-c2cccc(OC)c2)c1. The lowest BCUT2D eigenvalue weighted by atomic mass is 10.1. The van der Waals surface area contributed by atoms with Crippen LogP contribution in [-0.2, 0) is 12.8 Å². The van der Waals surface area contributed by atoms with Crippen LogP contribution in [0.1, 0.15) is 11.5 Å². The van der Waals surface area contributed by atoms with Gasteiger partial charge in [-0.1, -0.05) is 42.5 Å². The number of rotatable bonds is 7. The van der Waals surface area contributed by atoms with Gasteiger partial charge in [-0.25, -0.2) is 4.98 Å². The van der Waals surface area contributed by atoms with E-state index in [1.165, 1.54) is 10.9 Å². The van der Waals surface area contributed by atoms with Crippen molar-refractivity contribution in [3.8, 4) is 34.1 Å². The number of aromatic amines is 1. The lowest BCUT2D eigenvalue weighted by Gasteiger charge is -2.05. The maximum atomic E-state index is 6.32. The van der Waals surface area contributed by atoms with Crippen LogP contribution in [0.4, 0.5) is 0 Å². The number of para-hydroxylation sites is 1. The third-order valence-electron chi connectivity index (χ3n) is 5.63. The highest BCUT2D eigenvalue weighted by atomic mass is 16.5. The van der Waals surface area contributed by atoms with Crippen molar-refractivity contribution in [3.63, 3.8) is 0 Å². The minimum Gasteiger partial charge on any atom is -0.497 e. The molecule has 0 radical (unpaired) electrons. The Hall–Kier alpha value is -3.99. The van der Waals surface area contributed by atoms with E-state index in [2.05, 4.69) is 29.4 Å². The molecule has 160 valence electrons. The predicted molar refractivity (Wildman–Crippen MR) is 126 cm³/mol. The van der Waals surface area contributed by atoms with Crippen molar-refractivity contribution in [3.05, 3.63) is 90.4 Å². The molecule has 0 aliphatic heterocycles. The molecule has 0 fully saturated rings. The van der Waals surface area contributed by atoms with Gasteiger partial charge in [0.25, 0.3) is 0 Å². The van der Waals surface area contributed by atoms with Crippen molar-refractivity contribution >= 4 is 10.9 Å². The highest BCUT2D eigenvalue weighted by Gasteiger charge is 2.18. The average Bonchev–Trinajstić information content (AvgIpc) is 3.47. The quantitative estimate of drug-likeness (QED) is 0.333. The fraction of sp³-hybridized carbons (Fsp3) is 0.148. The number of oxazole rings is 1.